The fourth-order valence-corrected chi connectivity index (χ4v) is 4.32. The van der Waals surface area contributed by atoms with E-state index in [9.17, 15) is 4.79 Å². The van der Waals surface area contributed by atoms with Gasteiger partial charge in [-0.15, -0.1) is 0 Å². The molecule has 23 heavy (non-hydrogen) atoms. The number of hydrogen-bond donors (Lipinski definition) is 0. The van der Waals surface area contributed by atoms with Crippen molar-refractivity contribution in [3.63, 3.8) is 0 Å². The summed E-state index contributed by atoms with van der Waals surface area (Å²) in [4.78, 5) is 17.1. The Morgan fingerprint density at radius 2 is 2.35 bits per heavy atom. The van der Waals surface area contributed by atoms with E-state index in [1.54, 1.807) is 18.4 Å². The third kappa shape index (κ3) is 4.12. The van der Waals surface area contributed by atoms with Crippen molar-refractivity contribution in [2.24, 2.45) is 5.41 Å². The van der Waals surface area contributed by atoms with Gasteiger partial charge in [0.1, 0.15) is 0 Å². The average Bonchev–Trinajstić information content (AvgIpc) is 3.03. The minimum Gasteiger partial charge on any atom is -0.383 e. The molecule has 3 rings (SSSR count). The Morgan fingerprint density at radius 3 is 3.13 bits per heavy atom. The molecule has 3 heterocycles. The van der Waals surface area contributed by atoms with Gasteiger partial charge in [-0.25, -0.2) is 0 Å². The molecule has 2 saturated heterocycles. The van der Waals surface area contributed by atoms with Gasteiger partial charge in [0, 0.05) is 50.6 Å². The van der Waals surface area contributed by atoms with Gasteiger partial charge >= 0.3 is 0 Å². The summed E-state index contributed by atoms with van der Waals surface area (Å²) in [5.41, 5.74) is 0.881. The quantitative estimate of drug-likeness (QED) is 0.841. The number of carbonyl (C=O) groups excluding carboxylic acids is 1. The van der Waals surface area contributed by atoms with Gasteiger partial charge < -0.3 is 14.4 Å². The van der Waals surface area contributed by atoms with Crippen LogP contribution in [0.3, 0.4) is 0 Å². The number of ether oxygens (including phenoxy) is 2. The first-order valence-electron chi connectivity index (χ1n) is 8.33. The van der Waals surface area contributed by atoms with Gasteiger partial charge in [-0.1, -0.05) is 0 Å². The van der Waals surface area contributed by atoms with Gasteiger partial charge in [0.05, 0.1) is 25.4 Å². The van der Waals surface area contributed by atoms with Gasteiger partial charge in [-0.2, -0.15) is 11.3 Å². The summed E-state index contributed by atoms with van der Waals surface area (Å²) >= 11 is 1.58. The molecule has 128 valence electrons. The van der Waals surface area contributed by atoms with Crippen molar-refractivity contribution in [2.45, 2.75) is 12.8 Å². The number of hydrogen-bond acceptors (Lipinski definition) is 5. The molecule has 0 unspecified atom stereocenters. The maximum absolute atomic E-state index is 12.7. The lowest BCUT2D eigenvalue weighted by Crippen LogP contribution is -2.52. The Morgan fingerprint density at radius 1 is 1.43 bits per heavy atom. The highest BCUT2D eigenvalue weighted by molar-refractivity contribution is 7.08. The van der Waals surface area contributed by atoms with Crippen molar-refractivity contribution < 1.29 is 14.3 Å². The van der Waals surface area contributed by atoms with E-state index in [1.165, 1.54) is 0 Å². The summed E-state index contributed by atoms with van der Waals surface area (Å²) in [5, 5.41) is 3.91. The zero-order valence-electron chi connectivity index (χ0n) is 13.8. The molecular weight excluding hydrogens is 312 g/mol. The topological polar surface area (TPSA) is 42.0 Å². The van der Waals surface area contributed by atoms with Crippen LogP contribution in [-0.2, 0) is 9.47 Å². The molecule has 1 spiro atoms. The lowest BCUT2D eigenvalue weighted by molar-refractivity contribution is 0.00622. The second kappa shape index (κ2) is 7.75. The molecule has 0 saturated carbocycles. The van der Waals surface area contributed by atoms with Crippen molar-refractivity contribution in [3.05, 3.63) is 22.4 Å². The van der Waals surface area contributed by atoms with Crippen LogP contribution in [0.2, 0.25) is 0 Å². The summed E-state index contributed by atoms with van der Waals surface area (Å²) in [6, 6.07) is 1.92. The summed E-state index contributed by atoms with van der Waals surface area (Å²) in [6.45, 7) is 6.79. The number of thiophene rings is 1. The molecule has 1 amide bonds. The van der Waals surface area contributed by atoms with Crippen LogP contribution in [0.25, 0.3) is 0 Å². The van der Waals surface area contributed by atoms with E-state index < -0.39 is 0 Å². The summed E-state index contributed by atoms with van der Waals surface area (Å²) in [7, 11) is 1.74. The van der Waals surface area contributed by atoms with E-state index >= 15 is 0 Å². The molecule has 1 atom stereocenters. The predicted octanol–water partition coefficient (Wildman–Crippen LogP) is 1.95. The number of piperidine rings is 1. The first-order chi connectivity index (χ1) is 11.2. The average molecular weight is 338 g/mol. The number of rotatable bonds is 4. The van der Waals surface area contributed by atoms with Gasteiger partial charge in [-0.3, -0.25) is 9.69 Å². The highest BCUT2D eigenvalue weighted by Crippen LogP contribution is 2.33. The standard InChI is InChI=1S/C17H26N2O3S/c1-21-8-6-18-7-9-22-14-17(12-18)4-2-5-19(13-17)16(20)15-3-10-23-11-15/h3,10-11H,2,4-9,12-14H2,1H3/t17-/m1/s1. The van der Waals surface area contributed by atoms with Crippen LogP contribution in [0.15, 0.2) is 16.8 Å². The Bertz CT molecular complexity index is 508. The van der Waals surface area contributed by atoms with E-state index in [1.807, 2.05) is 21.7 Å². The van der Waals surface area contributed by atoms with E-state index in [2.05, 4.69) is 4.90 Å². The fourth-order valence-electron chi connectivity index (χ4n) is 3.69. The van der Waals surface area contributed by atoms with E-state index in [4.69, 9.17) is 9.47 Å². The fraction of sp³-hybridized carbons (Fsp3) is 0.706. The number of likely N-dealkylation sites (tertiary alicyclic amines) is 1. The molecule has 1 aromatic rings. The van der Waals surface area contributed by atoms with Gasteiger partial charge in [0.25, 0.3) is 5.91 Å². The van der Waals surface area contributed by atoms with Crippen LogP contribution in [0.5, 0.6) is 0 Å². The molecule has 2 fully saturated rings. The molecule has 1 aromatic heterocycles. The molecule has 0 aromatic carbocycles. The summed E-state index contributed by atoms with van der Waals surface area (Å²) in [5.74, 6) is 0.165. The monoisotopic (exact) mass is 338 g/mol. The minimum absolute atomic E-state index is 0.0637. The largest absolute Gasteiger partial charge is 0.383 e. The maximum atomic E-state index is 12.7. The van der Waals surface area contributed by atoms with Crippen molar-refractivity contribution in [2.75, 3.05) is 59.7 Å². The molecule has 2 aliphatic rings. The molecule has 2 aliphatic heterocycles. The van der Waals surface area contributed by atoms with Gasteiger partial charge in [0.2, 0.25) is 0 Å². The molecule has 0 aliphatic carbocycles. The smallest absolute Gasteiger partial charge is 0.254 e. The van der Waals surface area contributed by atoms with Crippen LogP contribution in [0, 0.1) is 5.41 Å². The second-order valence-corrected chi connectivity index (χ2v) is 7.44. The molecule has 5 nitrogen and oxygen atoms in total. The minimum atomic E-state index is 0.0637. The zero-order chi connectivity index (χ0) is 16.1. The van der Waals surface area contributed by atoms with Crippen molar-refractivity contribution >= 4 is 17.2 Å². The van der Waals surface area contributed by atoms with Crippen LogP contribution >= 0.6 is 11.3 Å². The normalized spacial score (nSPS) is 26.4. The lowest BCUT2D eigenvalue weighted by atomic mass is 9.80. The number of methoxy groups -OCH3 is 1. The Balaban J connectivity index is 1.68. The third-order valence-corrected chi connectivity index (χ3v) is 5.53. The highest BCUT2D eigenvalue weighted by Gasteiger charge is 2.40. The summed E-state index contributed by atoms with van der Waals surface area (Å²) < 4.78 is 11.1. The van der Waals surface area contributed by atoms with Gasteiger partial charge in [0.15, 0.2) is 0 Å². The van der Waals surface area contributed by atoms with Crippen LogP contribution in [0.4, 0.5) is 0 Å². The first-order valence-corrected chi connectivity index (χ1v) is 9.27. The Labute approximate surface area is 142 Å². The van der Waals surface area contributed by atoms with Crippen molar-refractivity contribution in [1.82, 2.24) is 9.80 Å². The zero-order valence-corrected chi connectivity index (χ0v) is 14.6. The third-order valence-electron chi connectivity index (χ3n) is 4.85. The van der Waals surface area contributed by atoms with Gasteiger partial charge in [-0.05, 0) is 24.3 Å². The van der Waals surface area contributed by atoms with E-state index in [0.717, 1.165) is 70.9 Å². The molecule has 0 radical (unpaired) electrons. The molecule has 0 bridgehead atoms. The summed E-state index contributed by atoms with van der Waals surface area (Å²) in [6.07, 6.45) is 2.18. The molecule has 6 heteroatoms. The predicted molar refractivity (Wildman–Crippen MR) is 91.0 cm³/mol. The van der Waals surface area contributed by atoms with Crippen molar-refractivity contribution in [1.29, 1.82) is 0 Å². The number of carbonyl (C=O) groups is 1. The SMILES string of the molecule is COCCN1CCOC[C@]2(CCCN(C(=O)c3ccsc3)C2)C1. The lowest BCUT2D eigenvalue weighted by Gasteiger charge is -2.43. The van der Waals surface area contributed by atoms with Crippen LogP contribution < -0.4 is 0 Å². The van der Waals surface area contributed by atoms with Crippen LogP contribution in [0.1, 0.15) is 23.2 Å². The second-order valence-electron chi connectivity index (χ2n) is 6.66. The Hall–Kier alpha value is -0.950. The van der Waals surface area contributed by atoms with Crippen LogP contribution in [-0.4, -0.2) is 75.4 Å². The van der Waals surface area contributed by atoms with Crippen molar-refractivity contribution in [3.8, 4) is 0 Å². The molecule has 0 N–H and O–H groups in total. The number of amides is 1. The number of nitrogens with zero attached hydrogens (tertiary/aromatic N) is 2. The van der Waals surface area contributed by atoms with E-state index in [-0.39, 0.29) is 11.3 Å². The molecular formula is C17H26N2O3S. The Kier molecular flexibility index (Phi) is 5.69. The highest BCUT2D eigenvalue weighted by atomic mass is 32.1. The van der Waals surface area contributed by atoms with E-state index in [0.29, 0.717) is 0 Å². The maximum Gasteiger partial charge on any atom is 0.254 e. The first kappa shape index (κ1) is 16.9.